The first-order valence-corrected chi connectivity index (χ1v) is 11.1. The molecule has 2 aromatic rings. The van der Waals surface area contributed by atoms with Crippen LogP contribution in [0.25, 0.3) is 11.1 Å². The van der Waals surface area contributed by atoms with Gasteiger partial charge < -0.3 is 25.0 Å². The van der Waals surface area contributed by atoms with Crippen LogP contribution in [0, 0.1) is 5.92 Å². The van der Waals surface area contributed by atoms with Gasteiger partial charge in [0, 0.05) is 38.0 Å². The Bertz CT molecular complexity index is 804. The number of urea groups is 1. The number of benzene rings is 1. The number of amides is 2. The monoisotopic (exact) mass is 429 g/mol. The maximum absolute atomic E-state index is 13.1. The number of carbonyl (C=O) groups excluding carboxylic acids is 1. The van der Waals surface area contributed by atoms with Crippen molar-refractivity contribution in [2.24, 2.45) is 5.92 Å². The highest BCUT2D eigenvalue weighted by atomic mass is 16.5. The summed E-state index contributed by atoms with van der Waals surface area (Å²) in [6.07, 6.45) is 8.97. The molecule has 1 aromatic heterocycles. The predicted molar refractivity (Wildman–Crippen MR) is 122 cm³/mol. The molecular formula is C23H35N5O3. The second-order valence-corrected chi connectivity index (χ2v) is 8.45. The smallest absolute Gasteiger partial charge is 0.321 e. The minimum Gasteiger partial charge on any atom is -0.490 e. The minimum atomic E-state index is -0.145. The first kappa shape index (κ1) is 23.1. The molecule has 31 heavy (non-hydrogen) atoms. The van der Waals surface area contributed by atoms with Gasteiger partial charge in [-0.1, -0.05) is 18.9 Å². The van der Waals surface area contributed by atoms with E-state index in [4.69, 9.17) is 4.74 Å². The molecule has 1 aromatic carbocycles. The highest BCUT2D eigenvalue weighted by Crippen LogP contribution is 2.31. The van der Waals surface area contributed by atoms with Crippen LogP contribution in [0.3, 0.4) is 0 Å². The van der Waals surface area contributed by atoms with Crippen LogP contribution in [0.1, 0.15) is 32.1 Å². The molecule has 0 unspecified atom stereocenters. The van der Waals surface area contributed by atoms with Crippen molar-refractivity contribution in [1.82, 2.24) is 20.0 Å². The van der Waals surface area contributed by atoms with E-state index in [-0.39, 0.29) is 12.6 Å². The molecule has 3 N–H and O–H groups in total. The number of likely N-dealkylation sites (N-methyl/N-ethyl adjacent to an activating group) is 1. The summed E-state index contributed by atoms with van der Waals surface area (Å²) in [7, 11) is 3.99. The Morgan fingerprint density at radius 2 is 2.06 bits per heavy atom. The fraction of sp³-hybridized carbons (Fsp3) is 0.565. The van der Waals surface area contributed by atoms with E-state index in [2.05, 4.69) is 20.4 Å². The number of aromatic nitrogens is 2. The number of aliphatic hydroxyl groups excluding tert-OH is 1. The molecule has 0 spiro atoms. The van der Waals surface area contributed by atoms with Gasteiger partial charge in [0.05, 0.1) is 11.9 Å². The normalized spacial score (nSPS) is 14.2. The van der Waals surface area contributed by atoms with E-state index < -0.39 is 0 Å². The SMILES string of the molecule is CN(C)CCOc1cc(-c2cn[nH]c2)ccc1NC(=O)N(CCCO)CC1CCCC1. The highest BCUT2D eigenvalue weighted by Gasteiger charge is 2.22. The molecule has 1 fully saturated rings. The molecule has 8 heteroatoms. The van der Waals surface area contributed by atoms with E-state index in [9.17, 15) is 9.90 Å². The van der Waals surface area contributed by atoms with Gasteiger partial charge in [0.2, 0.25) is 0 Å². The van der Waals surface area contributed by atoms with Crippen LogP contribution in [-0.4, -0.2) is 78.1 Å². The first-order chi connectivity index (χ1) is 15.1. The number of rotatable bonds is 11. The summed E-state index contributed by atoms with van der Waals surface area (Å²) in [5, 5.41) is 19.2. The Kier molecular flexibility index (Phi) is 8.73. The number of anilines is 1. The average Bonchev–Trinajstić information content (AvgIpc) is 3.46. The Labute approximate surface area is 184 Å². The van der Waals surface area contributed by atoms with Crippen LogP contribution in [0.15, 0.2) is 30.6 Å². The zero-order valence-electron chi connectivity index (χ0n) is 18.6. The molecule has 0 atom stereocenters. The Hall–Kier alpha value is -2.58. The molecule has 1 aliphatic carbocycles. The van der Waals surface area contributed by atoms with Crippen LogP contribution < -0.4 is 10.1 Å². The number of nitrogens with one attached hydrogen (secondary N) is 2. The number of ether oxygens (including phenoxy) is 1. The molecule has 0 saturated heterocycles. The van der Waals surface area contributed by atoms with Gasteiger partial charge in [-0.25, -0.2) is 4.79 Å². The third-order valence-electron chi connectivity index (χ3n) is 5.68. The van der Waals surface area contributed by atoms with Crippen LogP contribution >= 0.6 is 0 Å². The van der Waals surface area contributed by atoms with Gasteiger partial charge in [0.25, 0.3) is 0 Å². The summed E-state index contributed by atoms with van der Waals surface area (Å²) in [5.74, 6) is 1.18. The predicted octanol–water partition coefficient (Wildman–Crippen LogP) is 3.42. The molecule has 170 valence electrons. The lowest BCUT2D eigenvalue weighted by molar-refractivity contribution is 0.191. The molecule has 1 aliphatic rings. The van der Waals surface area contributed by atoms with Gasteiger partial charge in [-0.2, -0.15) is 5.10 Å². The number of nitrogens with zero attached hydrogens (tertiary/aromatic N) is 3. The summed E-state index contributed by atoms with van der Waals surface area (Å²) < 4.78 is 6.04. The Morgan fingerprint density at radius 3 is 2.74 bits per heavy atom. The van der Waals surface area contributed by atoms with Crippen molar-refractivity contribution in [2.75, 3.05) is 52.3 Å². The van der Waals surface area contributed by atoms with Crippen molar-refractivity contribution in [3.05, 3.63) is 30.6 Å². The van der Waals surface area contributed by atoms with E-state index in [1.165, 1.54) is 25.7 Å². The maximum atomic E-state index is 13.1. The summed E-state index contributed by atoms with van der Waals surface area (Å²) in [6, 6.07) is 5.62. The van der Waals surface area contributed by atoms with Crippen LogP contribution in [-0.2, 0) is 0 Å². The number of aromatic amines is 1. The highest BCUT2D eigenvalue weighted by molar-refractivity contribution is 5.91. The van der Waals surface area contributed by atoms with E-state index in [1.807, 2.05) is 43.4 Å². The molecule has 0 bridgehead atoms. The molecule has 2 amide bonds. The largest absolute Gasteiger partial charge is 0.490 e. The maximum Gasteiger partial charge on any atom is 0.321 e. The first-order valence-electron chi connectivity index (χ1n) is 11.1. The summed E-state index contributed by atoms with van der Waals surface area (Å²) in [6.45, 7) is 2.64. The van der Waals surface area contributed by atoms with Crippen LogP contribution in [0.4, 0.5) is 10.5 Å². The van der Waals surface area contributed by atoms with Gasteiger partial charge >= 0.3 is 6.03 Å². The number of carbonyl (C=O) groups is 1. The lowest BCUT2D eigenvalue weighted by atomic mass is 10.1. The molecule has 1 heterocycles. The summed E-state index contributed by atoms with van der Waals surface area (Å²) in [5.41, 5.74) is 2.58. The summed E-state index contributed by atoms with van der Waals surface area (Å²) in [4.78, 5) is 17.0. The Balaban J connectivity index is 1.75. The standard InChI is InChI=1S/C23H35N5O3/c1-27(2)11-13-31-22-14-19(20-15-24-25-16-20)8-9-21(22)26-23(30)28(10-5-12-29)17-18-6-3-4-7-18/h8-9,14-16,18,29H,3-7,10-13,17H2,1-2H3,(H,24,25)(H,26,30). The molecule has 0 aliphatic heterocycles. The Morgan fingerprint density at radius 1 is 1.26 bits per heavy atom. The van der Waals surface area contributed by atoms with E-state index in [1.54, 1.807) is 6.20 Å². The minimum absolute atomic E-state index is 0.0761. The number of aliphatic hydroxyl groups is 1. The molecule has 0 radical (unpaired) electrons. The van der Waals surface area contributed by atoms with Crippen molar-refractivity contribution in [3.8, 4) is 16.9 Å². The zero-order chi connectivity index (χ0) is 22.1. The molecule has 1 saturated carbocycles. The lowest BCUT2D eigenvalue weighted by Gasteiger charge is -2.26. The van der Waals surface area contributed by atoms with Gasteiger partial charge in [0.15, 0.2) is 0 Å². The van der Waals surface area contributed by atoms with E-state index in [0.717, 1.165) is 24.2 Å². The van der Waals surface area contributed by atoms with Gasteiger partial charge in [-0.15, -0.1) is 0 Å². The van der Waals surface area contributed by atoms with Crippen molar-refractivity contribution < 1.29 is 14.6 Å². The molecular weight excluding hydrogens is 394 g/mol. The van der Waals surface area contributed by atoms with E-state index in [0.29, 0.717) is 36.9 Å². The van der Waals surface area contributed by atoms with Gasteiger partial charge in [-0.05, 0) is 57.0 Å². The average molecular weight is 430 g/mol. The van der Waals surface area contributed by atoms with Crippen LogP contribution in [0.5, 0.6) is 5.75 Å². The molecule has 3 rings (SSSR count). The quantitative estimate of drug-likeness (QED) is 0.509. The van der Waals surface area contributed by atoms with Crippen molar-refractivity contribution in [1.29, 1.82) is 0 Å². The zero-order valence-corrected chi connectivity index (χ0v) is 18.6. The lowest BCUT2D eigenvalue weighted by Crippen LogP contribution is -2.39. The van der Waals surface area contributed by atoms with Crippen molar-refractivity contribution in [3.63, 3.8) is 0 Å². The van der Waals surface area contributed by atoms with Gasteiger partial charge in [-0.3, -0.25) is 5.10 Å². The fourth-order valence-corrected chi connectivity index (χ4v) is 3.91. The number of hydrogen-bond acceptors (Lipinski definition) is 5. The van der Waals surface area contributed by atoms with E-state index >= 15 is 0 Å². The van der Waals surface area contributed by atoms with Crippen molar-refractivity contribution >= 4 is 11.7 Å². The third kappa shape index (κ3) is 6.97. The number of H-pyrrole nitrogens is 1. The second-order valence-electron chi connectivity index (χ2n) is 8.45. The molecule has 8 nitrogen and oxygen atoms in total. The fourth-order valence-electron chi connectivity index (χ4n) is 3.91. The van der Waals surface area contributed by atoms with Gasteiger partial charge in [0.1, 0.15) is 12.4 Å². The number of hydrogen-bond donors (Lipinski definition) is 3. The van der Waals surface area contributed by atoms with Crippen molar-refractivity contribution in [2.45, 2.75) is 32.1 Å². The van der Waals surface area contributed by atoms with Crippen LogP contribution in [0.2, 0.25) is 0 Å². The summed E-state index contributed by atoms with van der Waals surface area (Å²) >= 11 is 0. The topological polar surface area (TPSA) is 93.7 Å². The third-order valence-corrected chi connectivity index (χ3v) is 5.68. The second kappa shape index (κ2) is 11.7.